The molecule has 0 radical (unpaired) electrons. The maximum Gasteiger partial charge on any atom is 0.435 e. The number of phenols is 1. The lowest BCUT2D eigenvalue weighted by Crippen LogP contribution is -2.52. The summed E-state index contributed by atoms with van der Waals surface area (Å²) in [6, 6.07) is 13.0. The van der Waals surface area contributed by atoms with Crippen molar-refractivity contribution in [3.63, 3.8) is 0 Å². The first kappa shape index (κ1) is 40.5. The lowest BCUT2D eigenvalue weighted by molar-refractivity contribution is -0.143. The molecule has 1 saturated heterocycles. The third kappa shape index (κ3) is 8.08. The van der Waals surface area contributed by atoms with E-state index in [9.17, 15) is 63.8 Å². The number of rotatable bonds is 7. The summed E-state index contributed by atoms with van der Waals surface area (Å²) in [5.74, 6) is -2.84. The summed E-state index contributed by atoms with van der Waals surface area (Å²) in [6.45, 7) is 0.123. The number of hydrogen-bond acceptors (Lipinski definition) is 6. The summed E-state index contributed by atoms with van der Waals surface area (Å²) in [6.07, 6.45) is -15.2. The van der Waals surface area contributed by atoms with E-state index in [1.165, 1.54) is 35.2 Å². The molecule has 59 heavy (non-hydrogen) atoms. The highest BCUT2D eigenvalue weighted by Crippen LogP contribution is 2.46. The molecule has 19 heteroatoms. The summed E-state index contributed by atoms with van der Waals surface area (Å²) < 4.78 is 124. The van der Waals surface area contributed by atoms with E-state index in [2.05, 4.69) is 15.7 Å². The molecular weight excluding hydrogens is 801 g/mol. The van der Waals surface area contributed by atoms with Crippen LogP contribution in [-0.4, -0.2) is 49.5 Å². The zero-order valence-corrected chi connectivity index (χ0v) is 30.2. The number of aryl methyl sites for hydroxylation is 1. The molecule has 2 aliphatic rings. The Morgan fingerprint density at radius 3 is 2.02 bits per heavy atom. The highest BCUT2D eigenvalue weighted by molar-refractivity contribution is 6.05. The lowest BCUT2D eigenvalue weighted by atomic mass is 9.91. The Morgan fingerprint density at radius 2 is 1.42 bits per heavy atom. The van der Waals surface area contributed by atoms with Crippen LogP contribution in [0.4, 0.5) is 39.5 Å². The first-order valence-corrected chi connectivity index (χ1v) is 17.5. The van der Waals surface area contributed by atoms with Crippen molar-refractivity contribution in [1.82, 2.24) is 25.3 Å². The Balaban J connectivity index is 1.17. The smallest absolute Gasteiger partial charge is 0.435 e. The van der Waals surface area contributed by atoms with Crippen molar-refractivity contribution in [2.24, 2.45) is 7.05 Å². The zero-order valence-electron chi connectivity index (χ0n) is 30.2. The number of aromatic hydroxyl groups is 1. The summed E-state index contributed by atoms with van der Waals surface area (Å²) in [4.78, 5) is 51.5. The second-order valence-electron chi connectivity index (χ2n) is 13.9. The van der Waals surface area contributed by atoms with Gasteiger partial charge in [0.2, 0.25) is 11.8 Å². The second kappa shape index (κ2) is 14.6. The number of aromatic nitrogens is 2. The molecule has 10 nitrogen and oxygen atoms in total. The second-order valence-corrected chi connectivity index (χ2v) is 13.9. The van der Waals surface area contributed by atoms with Crippen LogP contribution in [0.15, 0.2) is 78.9 Å². The fourth-order valence-electron chi connectivity index (χ4n) is 7.02. The summed E-state index contributed by atoms with van der Waals surface area (Å²) in [5.41, 5.74) is -4.84. The maximum atomic E-state index is 13.8. The topological polar surface area (TPSA) is 134 Å². The van der Waals surface area contributed by atoms with Crippen LogP contribution in [0.25, 0.3) is 33.5 Å². The van der Waals surface area contributed by atoms with Crippen LogP contribution in [0, 0.1) is 0 Å². The van der Waals surface area contributed by atoms with Crippen molar-refractivity contribution >= 4 is 23.6 Å². The van der Waals surface area contributed by atoms with Crippen LogP contribution in [-0.2, 0) is 48.3 Å². The van der Waals surface area contributed by atoms with E-state index in [4.69, 9.17) is 0 Å². The number of carbonyl (C=O) groups is 4. The van der Waals surface area contributed by atoms with E-state index in [-0.39, 0.29) is 60.3 Å². The molecule has 0 bridgehead atoms. The third-order valence-corrected chi connectivity index (χ3v) is 9.98. The molecular formula is C40H28F9N5O5. The summed E-state index contributed by atoms with van der Waals surface area (Å²) in [5, 5.41) is 19.7. The van der Waals surface area contributed by atoms with E-state index in [1.807, 2.05) is 0 Å². The average Bonchev–Trinajstić information content (AvgIpc) is 3.72. The van der Waals surface area contributed by atoms with Gasteiger partial charge in [-0.2, -0.15) is 44.6 Å². The average molecular weight is 830 g/mol. The predicted octanol–water partition coefficient (Wildman–Crippen LogP) is 7.87. The van der Waals surface area contributed by atoms with Crippen LogP contribution >= 0.6 is 0 Å². The van der Waals surface area contributed by atoms with Crippen LogP contribution < -0.4 is 10.6 Å². The molecule has 0 aliphatic carbocycles. The zero-order chi connectivity index (χ0) is 42.8. The number of benzene rings is 4. The van der Waals surface area contributed by atoms with Gasteiger partial charge >= 0.3 is 18.5 Å². The number of carbonyl (C=O) groups excluding carboxylic acids is 4. The van der Waals surface area contributed by atoms with E-state index in [0.717, 1.165) is 17.8 Å². The number of imide groups is 1. The van der Waals surface area contributed by atoms with Gasteiger partial charge in [0.1, 0.15) is 11.8 Å². The molecule has 3 N–H and O–H groups in total. The van der Waals surface area contributed by atoms with Gasteiger partial charge in [-0.1, -0.05) is 24.3 Å². The van der Waals surface area contributed by atoms with E-state index < -0.39 is 81.6 Å². The molecule has 0 saturated carbocycles. The van der Waals surface area contributed by atoms with Crippen LogP contribution in [0.3, 0.4) is 0 Å². The Kier molecular flexibility index (Phi) is 10.0. The van der Waals surface area contributed by atoms with Gasteiger partial charge in [0.15, 0.2) is 5.69 Å². The number of nitrogens with zero attached hydrogens (tertiary/aromatic N) is 3. The maximum absolute atomic E-state index is 13.8. The predicted molar refractivity (Wildman–Crippen MR) is 190 cm³/mol. The van der Waals surface area contributed by atoms with Gasteiger partial charge in [0, 0.05) is 48.8 Å². The number of piperidine rings is 1. The molecule has 2 aliphatic heterocycles. The van der Waals surface area contributed by atoms with Crippen molar-refractivity contribution < 1.29 is 63.8 Å². The first-order chi connectivity index (χ1) is 27.6. The number of nitrogens with one attached hydrogen (secondary N) is 2. The summed E-state index contributed by atoms with van der Waals surface area (Å²) >= 11 is 0. The molecule has 5 aromatic rings. The number of fused-ring (bicyclic) bond motifs is 1. The molecule has 1 unspecified atom stereocenters. The number of amides is 4. The summed E-state index contributed by atoms with van der Waals surface area (Å²) in [7, 11) is 1.11. The Labute approximate surface area is 327 Å². The fraction of sp³-hybridized carbons (Fsp3) is 0.225. The standard InChI is InChI=1S/C40H28F9N5O5/c1-53-31(16-32(52-53)40(47,48)49)29-14-22(13-28(34(29)56)23-11-25(38(41,42)43)15-26(12-23)39(44,45)46)20-3-5-21(6-4-20)35(57)50-17-19-2-7-27-24(10-19)18-54(37(27)59)30-8-9-33(55)51-36(30)58/h2-7,10-16,30,56H,8-9,17-18H2,1H3,(H,50,57)(H,51,55,58). The fourth-order valence-corrected chi connectivity index (χ4v) is 7.02. The monoisotopic (exact) mass is 829 g/mol. The molecule has 1 fully saturated rings. The van der Waals surface area contributed by atoms with Crippen molar-refractivity contribution in [2.75, 3.05) is 0 Å². The van der Waals surface area contributed by atoms with Crippen molar-refractivity contribution in [3.05, 3.63) is 118 Å². The third-order valence-electron chi connectivity index (χ3n) is 9.98. The highest BCUT2D eigenvalue weighted by atomic mass is 19.4. The Morgan fingerprint density at radius 1 is 0.780 bits per heavy atom. The minimum atomic E-state index is -5.25. The Hall–Kier alpha value is -6.66. The van der Waals surface area contributed by atoms with Gasteiger partial charge < -0.3 is 15.3 Å². The van der Waals surface area contributed by atoms with Crippen molar-refractivity contribution in [2.45, 2.75) is 50.5 Å². The van der Waals surface area contributed by atoms with Gasteiger partial charge in [-0.3, -0.25) is 29.2 Å². The molecule has 4 amide bonds. The van der Waals surface area contributed by atoms with Crippen LogP contribution in [0.5, 0.6) is 5.75 Å². The minimum absolute atomic E-state index is 0.00662. The Bertz CT molecular complexity index is 2510. The molecule has 7 rings (SSSR count). The number of alkyl halides is 9. The molecule has 306 valence electrons. The molecule has 1 atom stereocenters. The molecule has 3 heterocycles. The number of phenolic OH excluding ortho intramolecular Hbond substituents is 1. The molecule has 4 aromatic carbocycles. The minimum Gasteiger partial charge on any atom is -0.507 e. The largest absolute Gasteiger partial charge is 0.507 e. The lowest BCUT2D eigenvalue weighted by Gasteiger charge is -2.29. The van der Waals surface area contributed by atoms with Crippen molar-refractivity contribution in [3.8, 4) is 39.3 Å². The van der Waals surface area contributed by atoms with Crippen LogP contribution in [0.1, 0.15) is 61.5 Å². The quantitative estimate of drug-likeness (QED) is 0.113. The van der Waals surface area contributed by atoms with Crippen molar-refractivity contribution in [1.29, 1.82) is 0 Å². The van der Waals surface area contributed by atoms with Gasteiger partial charge in [0.25, 0.3) is 11.8 Å². The van der Waals surface area contributed by atoms with E-state index >= 15 is 0 Å². The van der Waals surface area contributed by atoms with Gasteiger partial charge in [0.05, 0.1) is 16.8 Å². The van der Waals surface area contributed by atoms with E-state index in [1.54, 1.807) is 18.2 Å². The number of halogens is 9. The van der Waals surface area contributed by atoms with Gasteiger partial charge in [-0.05, 0) is 88.8 Å². The first-order valence-electron chi connectivity index (χ1n) is 17.5. The highest BCUT2D eigenvalue weighted by Gasteiger charge is 2.40. The number of hydrogen-bond donors (Lipinski definition) is 3. The molecule has 1 aromatic heterocycles. The van der Waals surface area contributed by atoms with Gasteiger partial charge in [-0.15, -0.1) is 0 Å². The van der Waals surface area contributed by atoms with E-state index in [0.29, 0.717) is 34.9 Å². The van der Waals surface area contributed by atoms with Crippen LogP contribution in [0.2, 0.25) is 0 Å². The molecule has 0 spiro atoms. The van der Waals surface area contributed by atoms with Gasteiger partial charge in [-0.25, -0.2) is 0 Å². The SMILES string of the molecule is Cn1nc(C(F)(F)F)cc1-c1cc(-c2ccc(C(=O)NCc3ccc4c(c3)CN(C3CCC(=O)NC3=O)C4=O)cc2)cc(-c2cc(C(F)(F)F)cc(C(F)(F)F)c2)c1O. The normalized spacial score (nSPS) is 16.0.